The average molecular weight is 388 g/mol. The lowest BCUT2D eigenvalue weighted by molar-refractivity contribution is -0.142. The molecular formula is C23H24N4O2. The number of rotatable bonds is 6. The summed E-state index contributed by atoms with van der Waals surface area (Å²) < 4.78 is 1.78. The quantitative estimate of drug-likeness (QED) is 0.705. The molecule has 0 saturated carbocycles. The van der Waals surface area contributed by atoms with E-state index >= 15 is 0 Å². The monoisotopic (exact) mass is 388 g/mol. The molecule has 29 heavy (non-hydrogen) atoms. The van der Waals surface area contributed by atoms with Crippen LogP contribution in [-0.2, 0) is 16.1 Å². The van der Waals surface area contributed by atoms with Gasteiger partial charge in [-0.15, -0.1) is 0 Å². The van der Waals surface area contributed by atoms with Gasteiger partial charge in [0.15, 0.2) is 0 Å². The molecule has 1 saturated heterocycles. The molecule has 1 N–H and O–H groups in total. The number of piperidine rings is 1. The van der Waals surface area contributed by atoms with Crippen LogP contribution in [0, 0.1) is 0 Å². The van der Waals surface area contributed by atoms with Crippen LogP contribution in [0.4, 0.5) is 0 Å². The lowest BCUT2D eigenvalue weighted by Gasteiger charge is -2.34. The molecule has 2 aromatic carbocycles. The Bertz CT molecular complexity index is 970. The van der Waals surface area contributed by atoms with Crippen molar-refractivity contribution in [2.75, 3.05) is 6.54 Å². The van der Waals surface area contributed by atoms with E-state index in [-0.39, 0.29) is 11.8 Å². The normalized spacial score (nSPS) is 15.2. The zero-order valence-electron chi connectivity index (χ0n) is 16.2. The lowest BCUT2D eigenvalue weighted by atomic mass is 10.0. The van der Waals surface area contributed by atoms with Crippen LogP contribution in [0.25, 0.3) is 5.69 Å². The first-order valence-electron chi connectivity index (χ1n) is 9.94. The van der Waals surface area contributed by atoms with Crippen molar-refractivity contribution in [3.05, 3.63) is 84.2 Å². The molecule has 1 unspecified atom stereocenters. The van der Waals surface area contributed by atoms with E-state index in [2.05, 4.69) is 10.4 Å². The number of likely N-dealkylation sites (tertiary alicyclic amines) is 1. The molecule has 2 heterocycles. The van der Waals surface area contributed by atoms with Crippen LogP contribution >= 0.6 is 0 Å². The summed E-state index contributed by atoms with van der Waals surface area (Å²) in [5, 5.41) is 7.34. The Kier molecular flexibility index (Phi) is 5.70. The smallest absolute Gasteiger partial charge is 0.247 e. The van der Waals surface area contributed by atoms with Gasteiger partial charge >= 0.3 is 0 Å². The number of carbonyl (C=O) groups is 2. The van der Waals surface area contributed by atoms with Crippen LogP contribution in [0.2, 0.25) is 0 Å². The summed E-state index contributed by atoms with van der Waals surface area (Å²) in [7, 11) is 0. The number of nitrogens with one attached hydrogen (secondary N) is 1. The van der Waals surface area contributed by atoms with E-state index in [0.29, 0.717) is 19.5 Å². The molecule has 6 nitrogen and oxygen atoms in total. The highest BCUT2D eigenvalue weighted by Gasteiger charge is 2.32. The van der Waals surface area contributed by atoms with Crippen LogP contribution in [-0.4, -0.2) is 33.0 Å². The largest absolute Gasteiger partial charge is 0.350 e. The van der Waals surface area contributed by atoms with Crippen LogP contribution in [0.15, 0.2) is 73.1 Å². The van der Waals surface area contributed by atoms with Crippen LogP contribution < -0.4 is 5.32 Å². The summed E-state index contributed by atoms with van der Waals surface area (Å²) in [6.45, 7) is 0.968. The number of hydrogen-bond donors (Lipinski definition) is 1. The SMILES string of the molecule is O=C(NCc1ccccc1-n1cccn1)C(c1ccccc1)N1CCCCC1=O. The third-order valence-electron chi connectivity index (χ3n) is 5.23. The summed E-state index contributed by atoms with van der Waals surface area (Å²) in [5.41, 5.74) is 2.71. The molecule has 0 spiro atoms. The minimum Gasteiger partial charge on any atom is -0.350 e. The number of benzene rings is 2. The Morgan fingerprint density at radius 3 is 2.59 bits per heavy atom. The number of para-hydroxylation sites is 1. The third-order valence-corrected chi connectivity index (χ3v) is 5.23. The van der Waals surface area contributed by atoms with E-state index in [1.807, 2.05) is 66.9 Å². The number of aromatic nitrogens is 2. The van der Waals surface area contributed by atoms with Gasteiger partial charge in [0.25, 0.3) is 0 Å². The van der Waals surface area contributed by atoms with E-state index in [0.717, 1.165) is 29.7 Å². The van der Waals surface area contributed by atoms with Gasteiger partial charge in [-0.05, 0) is 36.1 Å². The fourth-order valence-electron chi connectivity index (χ4n) is 3.78. The van der Waals surface area contributed by atoms with E-state index in [1.165, 1.54) is 0 Å². The third kappa shape index (κ3) is 4.21. The minimum atomic E-state index is -0.610. The maximum atomic E-state index is 13.2. The molecule has 2 amide bonds. The molecular weight excluding hydrogens is 364 g/mol. The van der Waals surface area contributed by atoms with Crippen LogP contribution in [0.3, 0.4) is 0 Å². The van der Waals surface area contributed by atoms with Crippen LogP contribution in [0.5, 0.6) is 0 Å². The lowest BCUT2D eigenvalue weighted by Crippen LogP contribution is -2.45. The maximum absolute atomic E-state index is 13.2. The molecule has 0 radical (unpaired) electrons. The topological polar surface area (TPSA) is 67.2 Å². The summed E-state index contributed by atoms with van der Waals surface area (Å²) in [6.07, 6.45) is 5.90. The van der Waals surface area contributed by atoms with Gasteiger partial charge < -0.3 is 10.2 Å². The second-order valence-corrected chi connectivity index (χ2v) is 7.15. The fraction of sp³-hybridized carbons (Fsp3) is 0.261. The molecule has 1 atom stereocenters. The highest BCUT2D eigenvalue weighted by molar-refractivity contribution is 5.89. The highest BCUT2D eigenvalue weighted by Crippen LogP contribution is 2.26. The molecule has 1 aliphatic heterocycles. The molecule has 148 valence electrons. The second-order valence-electron chi connectivity index (χ2n) is 7.15. The zero-order valence-corrected chi connectivity index (χ0v) is 16.2. The van der Waals surface area contributed by atoms with Gasteiger partial charge in [0.2, 0.25) is 11.8 Å². The standard InChI is InChI=1S/C23H24N4O2/c28-21-13-6-7-15-26(21)22(18-9-2-1-3-10-18)23(29)24-17-19-11-4-5-12-20(19)27-16-8-14-25-27/h1-5,8-12,14,16,22H,6-7,13,15,17H2,(H,24,29). The number of amides is 2. The van der Waals surface area contributed by atoms with Gasteiger partial charge in [-0.2, -0.15) is 5.10 Å². The molecule has 3 aromatic rings. The second kappa shape index (κ2) is 8.73. The first-order valence-corrected chi connectivity index (χ1v) is 9.94. The van der Waals surface area contributed by atoms with Crippen molar-refractivity contribution in [2.24, 2.45) is 0 Å². The van der Waals surface area contributed by atoms with Gasteiger partial charge in [0, 0.05) is 31.9 Å². The molecule has 1 aromatic heterocycles. The Morgan fingerprint density at radius 2 is 1.83 bits per heavy atom. The van der Waals surface area contributed by atoms with Crippen molar-refractivity contribution in [3.8, 4) is 5.69 Å². The molecule has 1 fully saturated rings. The number of nitrogens with zero attached hydrogens (tertiary/aromatic N) is 3. The van der Waals surface area contributed by atoms with Gasteiger partial charge in [0.1, 0.15) is 6.04 Å². The van der Waals surface area contributed by atoms with Gasteiger partial charge in [0.05, 0.1) is 5.69 Å². The maximum Gasteiger partial charge on any atom is 0.247 e. The van der Waals surface area contributed by atoms with E-state index < -0.39 is 6.04 Å². The molecule has 0 bridgehead atoms. The van der Waals surface area contributed by atoms with Crippen molar-refractivity contribution in [1.82, 2.24) is 20.0 Å². The minimum absolute atomic E-state index is 0.0391. The van der Waals surface area contributed by atoms with Crippen molar-refractivity contribution in [3.63, 3.8) is 0 Å². The Hall–Kier alpha value is -3.41. The van der Waals surface area contributed by atoms with E-state index in [9.17, 15) is 9.59 Å². The molecule has 6 heteroatoms. The average Bonchev–Trinajstić information content (AvgIpc) is 3.30. The Labute approximate surface area is 170 Å². The molecule has 0 aliphatic carbocycles. The summed E-state index contributed by atoms with van der Waals surface area (Å²) in [5.74, 6) is -0.126. The van der Waals surface area contributed by atoms with Gasteiger partial charge in [-0.25, -0.2) is 4.68 Å². The first kappa shape index (κ1) is 18.9. The predicted octanol–water partition coefficient (Wildman–Crippen LogP) is 3.24. The van der Waals surface area contributed by atoms with Crippen LogP contribution in [0.1, 0.15) is 36.4 Å². The summed E-state index contributed by atoms with van der Waals surface area (Å²) in [6, 6.07) is 18.6. The zero-order chi connectivity index (χ0) is 20.1. The van der Waals surface area contributed by atoms with Crippen molar-refractivity contribution in [2.45, 2.75) is 31.8 Å². The van der Waals surface area contributed by atoms with Gasteiger partial charge in [-0.1, -0.05) is 48.5 Å². The van der Waals surface area contributed by atoms with Crippen molar-refractivity contribution < 1.29 is 9.59 Å². The van der Waals surface area contributed by atoms with Crippen molar-refractivity contribution in [1.29, 1.82) is 0 Å². The highest BCUT2D eigenvalue weighted by atomic mass is 16.2. The van der Waals surface area contributed by atoms with E-state index in [1.54, 1.807) is 15.8 Å². The number of carbonyl (C=O) groups excluding carboxylic acids is 2. The molecule has 4 rings (SSSR count). The number of hydrogen-bond acceptors (Lipinski definition) is 3. The van der Waals surface area contributed by atoms with Crippen molar-refractivity contribution >= 4 is 11.8 Å². The Balaban J connectivity index is 1.56. The Morgan fingerprint density at radius 1 is 1.03 bits per heavy atom. The van der Waals surface area contributed by atoms with Gasteiger partial charge in [-0.3, -0.25) is 9.59 Å². The fourth-order valence-corrected chi connectivity index (χ4v) is 3.78. The van der Waals surface area contributed by atoms with E-state index in [4.69, 9.17) is 0 Å². The summed E-state index contributed by atoms with van der Waals surface area (Å²) in [4.78, 5) is 27.5. The molecule has 1 aliphatic rings. The first-order chi connectivity index (χ1) is 14.2. The predicted molar refractivity (Wildman–Crippen MR) is 110 cm³/mol. The summed E-state index contributed by atoms with van der Waals surface area (Å²) >= 11 is 0.